The van der Waals surface area contributed by atoms with Crippen LogP contribution in [0.4, 0.5) is 0 Å². The number of hydrogen-bond acceptors (Lipinski definition) is 4. The number of ether oxygens (including phenoxy) is 1. The van der Waals surface area contributed by atoms with Gasteiger partial charge in [-0.2, -0.15) is 0 Å². The quantitative estimate of drug-likeness (QED) is 0.599. The molecule has 0 heterocycles. The van der Waals surface area contributed by atoms with E-state index in [1.807, 2.05) is 12.1 Å². The van der Waals surface area contributed by atoms with E-state index < -0.39 is 18.2 Å². The highest BCUT2D eigenvalue weighted by Crippen LogP contribution is 2.25. The molecule has 2 rings (SSSR count). The van der Waals surface area contributed by atoms with E-state index in [4.69, 9.17) is 9.84 Å². The van der Waals surface area contributed by atoms with Crippen LogP contribution in [0.3, 0.4) is 0 Å². The molecular weight excluding hydrogens is 292 g/mol. The van der Waals surface area contributed by atoms with Gasteiger partial charge in [0.2, 0.25) is 0 Å². The molecule has 1 aliphatic rings. The molecule has 0 unspecified atom stereocenters. The van der Waals surface area contributed by atoms with Gasteiger partial charge in [-0.1, -0.05) is 43.5 Å². The summed E-state index contributed by atoms with van der Waals surface area (Å²) in [6.45, 7) is -0.337. The lowest BCUT2D eigenvalue weighted by molar-refractivity contribution is 0.0174. The number of esters is 1. The molecule has 0 aromatic heterocycles. The maximum Gasteiger partial charge on any atom is 0.338 e. The number of aliphatic hydroxyl groups excluding tert-OH is 2. The van der Waals surface area contributed by atoms with Gasteiger partial charge in [0, 0.05) is 6.42 Å². The first-order valence-electron chi connectivity index (χ1n) is 8.42. The van der Waals surface area contributed by atoms with E-state index in [0.29, 0.717) is 11.5 Å². The molecule has 0 radical (unpaired) electrons. The van der Waals surface area contributed by atoms with Gasteiger partial charge in [-0.25, -0.2) is 4.79 Å². The number of allylic oxidation sites excluding steroid dienone is 1. The molecule has 0 amide bonds. The Morgan fingerprint density at radius 1 is 1.22 bits per heavy atom. The molecule has 23 heavy (non-hydrogen) atoms. The minimum Gasteiger partial charge on any atom is -0.454 e. The Kier molecular flexibility index (Phi) is 7.30. The Morgan fingerprint density at radius 3 is 2.57 bits per heavy atom. The van der Waals surface area contributed by atoms with E-state index in [2.05, 4.69) is 6.08 Å². The Balaban J connectivity index is 1.98. The zero-order chi connectivity index (χ0) is 16.5. The summed E-state index contributed by atoms with van der Waals surface area (Å²) in [5.41, 5.74) is 0.488. The largest absolute Gasteiger partial charge is 0.454 e. The van der Waals surface area contributed by atoms with Crippen LogP contribution in [0.25, 0.3) is 0 Å². The average molecular weight is 318 g/mol. The normalized spacial score (nSPS) is 18.7. The van der Waals surface area contributed by atoms with Gasteiger partial charge in [-0.05, 0) is 37.0 Å². The maximum atomic E-state index is 12.2. The smallest absolute Gasteiger partial charge is 0.338 e. The SMILES string of the molecule is O=C(O[C@@H](/C=C/C1CCCCC1)C[C@H](O)CO)c1ccccc1. The molecule has 2 N–H and O–H groups in total. The highest BCUT2D eigenvalue weighted by molar-refractivity contribution is 5.89. The predicted octanol–water partition coefficient (Wildman–Crippen LogP) is 3.09. The predicted molar refractivity (Wildman–Crippen MR) is 89.1 cm³/mol. The third-order valence-electron chi connectivity index (χ3n) is 4.23. The summed E-state index contributed by atoms with van der Waals surface area (Å²) in [4.78, 5) is 12.2. The minimum atomic E-state index is -0.889. The van der Waals surface area contributed by atoms with Crippen molar-refractivity contribution in [3.05, 3.63) is 48.0 Å². The average Bonchev–Trinajstić information content (AvgIpc) is 2.61. The third kappa shape index (κ3) is 6.16. The summed E-state index contributed by atoms with van der Waals surface area (Å²) in [6.07, 6.45) is 8.87. The number of carbonyl (C=O) groups excluding carboxylic acids is 1. The van der Waals surface area contributed by atoms with Gasteiger partial charge in [0.1, 0.15) is 6.10 Å². The van der Waals surface area contributed by atoms with Crippen molar-refractivity contribution >= 4 is 5.97 Å². The first-order valence-corrected chi connectivity index (χ1v) is 8.42. The molecule has 1 aromatic carbocycles. The van der Waals surface area contributed by atoms with Crippen molar-refractivity contribution in [2.24, 2.45) is 5.92 Å². The molecule has 126 valence electrons. The van der Waals surface area contributed by atoms with Crippen LogP contribution >= 0.6 is 0 Å². The minimum absolute atomic E-state index is 0.207. The fourth-order valence-corrected chi connectivity index (χ4v) is 2.90. The van der Waals surface area contributed by atoms with Crippen molar-refractivity contribution in [3.8, 4) is 0 Å². The van der Waals surface area contributed by atoms with E-state index in [1.165, 1.54) is 32.1 Å². The maximum absolute atomic E-state index is 12.2. The lowest BCUT2D eigenvalue weighted by atomic mass is 9.88. The molecule has 1 aromatic rings. The fourth-order valence-electron chi connectivity index (χ4n) is 2.90. The molecule has 1 saturated carbocycles. The summed E-state index contributed by atoms with van der Waals surface area (Å²) < 4.78 is 5.50. The van der Waals surface area contributed by atoms with Crippen molar-refractivity contribution in [2.45, 2.75) is 50.7 Å². The van der Waals surface area contributed by atoms with Gasteiger partial charge in [-0.15, -0.1) is 0 Å². The number of hydrogen-bond donors (Lipinski definition) is 2. The van der Waals surface area contributed by atoms with E-state index in [9.17, 15) is 9.90 Å². The van der Waals surface area contributed by atoms with E-state index >= 15 is 0 Å². The molecule has 4 nitrogen and oxygen atoms in total. The van der Waals surface area contributed by atoms with Gasteiger partial charge in [-0.3, -0.25) is 0 Å². The zero-order valence-corrected chi connectivity index (χ0v) is 13.4. The molecule has 0 spiro atoms. The fraction of sp³-hybridized carbons (Fsp3) is 0.526. The summed E-state index contributed by atoms with van der Waals surface area (Å²) >= 11 is 0. The van der Waals surface area contributed by atoms with Crippen LogP contribution in [0.1, 0.15) is 48.9 Å². The summed E-state index contributed by atoms with van der Waals surface area (Å²) in [5.74, 6) is 0.113. The van der Waals surface area contributed by atoms with Crippen molar-refractivity contribution in [1.29, 1.82) is 0 Å². The molecule has 1 fully saturated rings. The lowest BCUT2D eigenvalue weighted by Crippen LogP contribution is -2.24. The highest BCUT2D eigenvalue weighted by Gasteiger charge is 2.18. The Labute approximate surface area is 137 Å². The van der Waals surface area contributed by atoms with Gasteiger partial charge in [0.05, 0.1) is 18.3 Å². The van der Waals surface area contributed by atoms with Crippen LogP contribution < -0.4 is 0 Å². The summed E-state index contributed by atoms with van der Waals surface area (Å²) in [6, 6.07) is 8.81. The highest BCUT2D eigenvalue weighted by atomic mass is 16.5. The number of rotatable bonds is 7. The van der Waals surface area contributed by atoms with Crippen LogP contribution in [0.15, 0.2) is 42.5 Å². The molecular formula is C19H26O4. The van der Waals surface area contributed by atoms with Crippen molar-refractivity contribution in [3.63, 3.8) is 0 Å². The van der Waals surface area contributed by atoms with Crippen LogP contribution in [-0.4, -0.2) is 35.0 Å². The van der Waals surface area contributed by atoms with Gasteiger partial charge in [0.15, 0.2) is 0 Å². The van der Waals surface area contributed by atoms with E-state index in [1.54, 1.807) is 24.3 Å². The Hall–Kier alpha value is -1.65. The van der Waals surface area contributed by atoms with Crippen molar-refractivity contribution < 1.29 is 19.7 Å². The topological polar surface area (TPSA) is 66.8 Å². The molecule has 0 bridgehead atoms. The van der Waals surface area contributed by atoms with E-state index in [0.717, 1.165) is 0 Å². The van der Waals surface area contributed by atoms with Crippen LogP contribution in [0.2, 0.25) is 0 Å². The lowest BCUT2D eigenvalue weighted by Gasteiger charge is -2.20. The second-order valence-corrected chi connectivity index (χ2v) is 6.16. The molecule has 2 atom stereocenters. The molecule has 1 aliphatic carbocycles. The van der Waals surface area contributed by atoms with Crippen molar-refractivity contribution in [2.75, 3.05) is 6.61 Å². The summed E-state index contributed by atoms with van der Waals surface area (Å²) in [5, 5.41) is 18.7. The molecule has 0 saturated heterocycles. The van der Waals surface area contributed by atoms with Crippen LogP contribution in [-0.2, 0) is 4.74 Å². The molecule has 4 heteroatoms. The zero-order valence-electron chi connectivity index (χ0n) is 13.4. The number of carbonyl (C=O) groups is 1. The monoisotopic (exact) mass is 318 g/mol. The summed E-state index contributed by atoms with van der Waals surface area (Å²) in [7, 11) is 0. The van der Waals surface area contributed by atoms with Gasteiger partial charge >= 0.3 is 5.97 Å². The number of aliphatic hydroxyl groups is 2. The Morgan fingerprint density at radius 2 is 1.91 bits per heavy atom. The Bertz CT molecular complexity index is 491. The van der Waals surface area contributed by atoms with E-state index in [-0.39, 0.29) is 13.0 Å². The van der Waals surface area contributed by atoms with Crippen molar-refractivity contribution in [1.82, 2.24) is 0 Å². The first-order chi connectivity index (χ1) is 11.2. The first kappa shape index (κ1) is 17.7. The van der Waals surface area contributed by atoms with Gasteiger partial charge in [0.25, 0.3) is 0 Å². The standard InChI is InChI=1S/C19H26O4/c20-14-17(21)13-18(12-11-15-7-3-1-4-8-15)23-19(22)16-9-5-2-6-10-16/h2,5-6,9-12,15,17-18,20-21H,1,3-4,7-8,13-14H2/b12-11+/t17-,18-/m0/s1. The van der Waals surface area contributed by atoms with Crippen LogP contribution in [0, 0.1) is 5.92 Å². The second-order valence-electron chi connectivity index (χ2n) is 6.16. The van der Waals surface area contributed by atoms with Gasteiger partial charge < -0.3 is 14.9 Å². The third-order valence-corrected chi connectivity index (χ3v) is 4.23. The number of benzene rings is 1. The van der Waals surface area contributed by atoms with Crippen LogP contribution in [0.5, 0.6) is 0 Å². The second kappa shape index (κ2) is 9.48. The molecule has 0 aliphatic heterocycles.